The van der Waals surface area contributed by atoms with Crippen molar-refractivity contribution >= 4 is 48.1 Å². The zero-order chi connectivity index (χ0) is 35.6. The van der Waals surface area contributed by atoms with Gasteiger partial charge < -0.3 is 34.8 Å². The number of nitrogens with one attached hydrogen (secondary N) is 4. The fourth-order valence-corrected chi connectivity index (χ4v) is 5.77. The van der Waals surface area contributed by atoms with Gasteiger partial charge in [-0.05, 0) is 45.4 Å². The monoisotopic (exact) mass is 664 g/mol. The summed E-state index contributed by atoms with van der Waals surface area (Å²) in [5, 5.41) is 11.8. The maximum absolute atomic E-state index is 14.5. The fourth-order valence-electron chi connectivity index (χ4n) is 5.77. The highest BCUT2D eigenvalue weighted by Gasteiger charge is 2.49. The van der Waals surface area contributed by atoms with E-state index in [1.54, 1.807) is 0 Å². The van der Waals surface area contributed by atoms with Crippen LogP contribution in [0.4, 0.5) is 0 Å². The van der Waals surface area contributed by atoms with Crippen molar-refractivity contribution in [2.75, 3.05) is 26.2 Å². The van der Waals surface area contributed by atoms with Gasteiger partial charge in [-0.15, -0.1) is 0 Å². The minimum absolute atomic E-state index is 0.0311. The van der Waals surface area contributed by atoms with E-state index in [2.05, 4.69) is 21.3 Å². The zero-order valence-corrected chi connectivity index (χ0v) is 28.4. The van der Waals surface area contributed by atoms with Crippen molar-refractivity contribution in [3.63, 3.8) is 0 Å². The molecule has 3 amide bonds. The second kappa shape index (κ2) is 18.2. The summed E-state index contributed by atoms with van der Waals surface area (Å²) in [6.07, 6.45) is -1.04. The van der Waals surface area contributed by atoms with Crippen LogP contribution in [0, 0.1) is 11.8 Å². The number of ketones is 2. The van der Waals surface area contributed by atoms with Crippen molar-refractivity contribution in [2.24, 2.45) is 17.6 Å². The average Bonchev–Trinajstić information content (AvgIpc) is 3.01. The molecule has 264 valence electrons. The molecule has 2 aliphatic rings. The molecule has 47 heavy (non-hydrogen) atoms. The first kappa shape index (κ1) is 39.7. The van der Waals surface area contributed by atoms with E-state index in [1.807, 2.05) is 27.7 Å². The van der Waals surface area contributed by atoms with E-state index in [-0.39, 0.29) is 38.0 Å². The molecule has 6 N–H and O–H groups in total. The lowest BCUT2D eigenvalue weighted by molar-refractivity contribution is -0.165. The topological polar surface area (TPSA) is 220 Å². The summed E-state index contributed by atoms with van der Waals surface area (Å²) in [5.41, 5.74) is 5.93. The highest BCUT2D eigenvalue weighted by Crippen LogP contribution is 2.20. The van der Waals surface area contributed by atoms with Crippen LogP contribution in [-0.4, -0.2) is 138 Å². The number of nitrogens with two attached hydrogens (primary N) is 1. The molecule has 2 fully saturated rings. The van der Waals surface area contributed by atoms with Crippen LogP contribution in [0.3, 0.4) is 0 Å². The lowest BCUT2D eigenvalue weighted by Crippen LogP contribution is -2.73. The Hall–Kier alpha value is -3.44. The third-order valence-electron chi connectivity index (χ3n) is 8.04. The van der Waals surface area contributed by atoms with Gasteiger partial charge in [0.15, 0.2) is 23.8 Å². The van der Waals surface area contributed by atoms with Crippen LogP contribution in [0.1, 0.15) is 61.3 Å². The Morgan fingerprint density at radius 3 is 1.91 bits per heavy atom. The molecule has 2 rings (SSSR count). The van der Waals surface area contributed by atoms with Crippen molar-refractivity contribution in [3.05, 3.63) is 0 Å². The number of hydrogen-bond acceptors (Lipinski definition) is 13. The van der Waals surface area contributed by atoms with Gasteiger partial charge in [-0.1, -0.05) is 27.7 Å². The predicted octanol–water partition coefficient (Wildman–Crippen LogP) is -2.48. The molecule has 0 aromatic carbocycles. The minimum Gasteiger partial charge on any atom is -0.322 e. The summed E-state index contributed by atoms with van der Waals surface area (Å²) < 4.78 is 0. The quantitative estimate of drug-likeness (QED) is 0.0715. The van der Waals surface area contributed by atoms with E-state index in [0.29, 0.717) is 31.7 Å². The summed E-state index contributed by atoms with van der Waals surface area (Å²) >= 11 is 0. The molecule has 0 radical (unpaired) electrons. The molecular formula is C31H52N8O8. The maximum atomic E-state index is 14.5. The van der Waals surface area contributed by atoms with Gasteiger partial charge in [0.25, 0.3) is 17.7 Å². The number of piperazine rings is 2. The number of Topliss-reactive ketones (excluding diaryl/α,β-unsaturated/α-hetero) is 2. The lowest BCUT2D eigenvalue weighted by Gasteiger charge is -2.46. The first-order chi connectivity index (χ1) is 22.1. The van der Waals surface area contributed by atoms with E-state index < -0.39 is 78.0 Å². The van der Waals surface area contributed by atoms with Gasteiger partial charge in [-0.2, -0.15) is 0 Å². The molecule has 0 aliphatic carbocycles. The molecule has 0 spiro atoms. The SMILES string of the molecule is CC(=O)[C@H](N[C@@H](C)C=O)N1CCN(C(=O)[C@H](N[C@H](C=O)CC(C)C)N2CCN[C@@H](N[C@H](C=O)CC(C)C)C2=O)C(C(=O)[C@H](C)N)C1=O. The van der Waals surface area contributed by atoms with E-state index in [1.165, 1.54) is 25.7 Å². The summed E-state index contributed by atoms with van der Waals surface area (Å²) in [6, 6.07) is -5.23. The van der Waals surface area contributed by atoms with Gasteiger partial charge in [0, 0.05) is 26.2 Å². The normalized spacial score (nSPS) is 22.8. The van der Waals surface area contributed by atoms with E-state index in [9.17, 15) is 38.4 Å². The Morgan fingerprint density at radius 1 is 0.830 bits per heavy atom. The number of rotatable bonds is 19. The smallest absolute Gasteiger partial charge is 0.261 e. The van der Waals surface area contributed by atoms with Gasteiger partial charge >= 0.3 is 0 Å². The third-order valence-corrected chi connectivity index (χ3v) is 8.04. The molecule has 16 nitrogen and oxygen atoms in total. The van der Waals surface area contributed by atoms with Gasteiger partial charge in [-0.3, -0.25) is 45.2 Å². The second-order valence-corrected chi connectivity index (χ2v) is 13.2. The number of nitrogens with zero attached hydrogens (tertiary/aromatic N) is 3. The van der Waals surface area contributed by atoms with Gasteiger partial charge in [0.05, 0.1) is 24.2 Å². The van der Waals surface area contributed by atoms with Crippen molar-refractivity contribution in [3.8, 4) is 0 Å². The van der Waals surface area contributed by atoms with Crippen LogP contribution >= 0.6 is 0 Å². The number of hydrogen-bond donors (Lipinski definition) is 5. The summed E-state index contributed by atoms with van der Waals surface area (Å²) in [7, 11) is 0. The third kappa shape index (κ3) is 10.5. The van der Waals surface area contributed by atoms with Crippen molar-refractivity contribution in [1.82, 2.24) is 36.0 Å². The highest BCUT2D eigenvalue weighted by molar-refractivity contribution is 6.11. The van der Waals surface area contributed by atoms with Gasteiger partial charge in [0.1, 0.15) is 31.2 Å². The van der Waals surface area contributed by atoms with Gasteiger partial charge in [-0.25, -0.2) is 0 Å². The molecule has 1 unspecified atom stereocenters. The van der Waals surface area contributed by atoms with E-state index in [0.717, 1.165) is 9.80 Å². The molecule has 2 saturated heterocycles. The first-order valence-corrected chi connectivity index (χ1v) is 16.2. The van der Waals surface area contributed by atoms with Crippen LogP contribution < -0.4 is 27.0 Å². The Morgan fingerprint density at radius 2 is 1.40 bits per heavy atom. The Kier molecular flexibility index (Phi) is 15.4. The predicted molar refractivity (Wildman–Crippen MR) is 171 cm³/mol. The first-order valence-electron chi connectivity index (χ1n) is 16.2. The number of carbonyl (C=O) groups excluding carboxylic acids is 8. The number of aldehydes is 3. The Labute approximate surface area is 276 Å². The summed E-state index contributed by atoms with van der Waals surface area (Å²) in [4.78, 5) is 107. The zero-order valence-electron chi connectivity index (χ0n) is 28.4. The molecule has 0 aromatic rings. The summed E-state index contributed by atoms with van der Waals surface area (Å²) in [6.45, 7) is 11.6. The largest absolute Gasteiger partial charge is 0.322 e. The minimum atomic E-state index is -1.74. The Bertz CT molecular complexity index is 1160. The molecule has 0 bridgehead atoms. The molecule has 2 heterocycles. The van der Waals surface area contributed by atoms with Crippen LogP contribution in [-0.2, 0) is 38.4 Å². The standard InChI is InChI=1S/C31H52N8O8/c1-17(2)12-22(15-41)35-26-30(46)38(9-8-33-26)28(36-23(16-42)13-18(3)4)31(47)37-10-11-39(27(21(7)43)34-19(5)14-40)29(45)24(37)25(44)20(6)32/h14-20,22-24,26-28,33-36H,8-13,32H2,1-7H3/t19-,20-,22-,23-,24?,26-,27+,28+/m0/s1. The number of carbonyl (C=O) groups is 8. The van der Waals surface area contributed by atoms with Crippen molar-refractivity contribution < 1.29 is 38.4 Å². The van der Waals surface area contributed by atoms with Crippen LogP contribution in [0.15, 0.2) is 0 Å². The maximum Gasteiger partial charge on any atom is 0.261 e. The molecule has 16 heteroatoms. The van der Waals surface area contributed by atoms with Crippen molar-refractivity contribution in [2.45, 2.75) is 110 Å². The Balaban J connectivity index is 2.55. The van der Waals surface area contributed by atoms with Crippen LogP contribution in [0.2, 0.25) is 0 Å². The molecule has 8 atom stereocenters. The highest BCUT2D eigenvalue weighted by atomic mass is 16.2. The van der Waals surface area contributed by atoms with Crippen LogP contribution in [0.25, 0.3) is 0 Å². The number of amides is 3. The fraction of sp³-hybridized carbons (Fsp3) is 0.742. The van der Waals surface area contributed by atoms with E-state index in [4.69, 9.17) is 5.73 Å². The average molecular weight is 665 g/mol. The van der Waals surface area contributed by atoms with Crippen LogP contribution in [0.5, 0.6) is 0 Å². The molecule has 0 saturated carbocycles. The van der Waals surface area contributed by atoms with E-state index >= 15 is 0 Å². The molecular weight excluding hydrogens is 612 g/mol. The second-order valence-electron chi connectivity index (χ2n) is 13.2. The van der Waals surface area contributed by atoms with Crippen molar-refractivity contribution in [1.29, 1.82) is 0 Å². The molecule has 2 aliphatic heterocycles. The molecule has 0 aromatic heterocycles. The summed E-state index contributed by atoms with van der Waals surface area (Å²) in [5.74, 6) is -3.35. The van der Waals surface area contributed by atoms with Gasteiger partial charge in [0.2, 0.25) is 0 Å². The lowest BCUT2D eigenvalue weighted by atomic mass is 9.99.